The monoisotopic (exact) mass is 172 g/mol. The van der Waals surface area contributed by atoms with E-state index < -0.39 is 0 Å². The first-order chi connectivity index (χ1) is 5.86. The summed E-state index contributed by atoms with van der Waals surface area (Å²) in [6, 6.07) is 0.818. The lowest BCUT2D eigenvalue weighted by Gasteiger charge is -2.24. The summed E-state index contributed by atoms with van der Waals surface area (Å²) >= 11 is 0. The van der Waals surface area contributed by atoms with Crippen LogP contribution in [0, 0.1) is 5.92 Å². The zero-order valence-corrected chi connectivity index (χ0v) is 8.64. The van der Waals surface area contributed by atoms with Crippen molar-refractivity contribution in [3.8, 4) is 0 Å². The Kier molecular flexibility index (Phi) is 4.02. The van der Waals surface area contributed by atoms with Gasteiger partial charge in [-0.15, -0.1) is 0 Å². The fraction of sp³-hybridized carbons (Fsp3) is 1.00. The molecular formula is C10H24N2. The second kappa shape index (κ2) is 4.83. The van der Waals surface area contributed by atoms with Crippen LogP contribution in [0.3, 0.4) is 0 Å². The molecular weight excluding hydrogens is 148 g/mol. The van der Waals surface area contributed by atoms with Crippen molar-refractivity contribution < 1.29 is 1.43 Å². The highest BCUT2D eigenvalue weighted by Crippen LogP contribution is 2.23. The van der Waals surface area contributed by atoms with Gasteiger partial charge in [-0.3, -0.25) is 0 Å². The summed E-state index contributed by atoms with van der Waals surface area (Å²) < 4.78 is 0. The van der Waals surface area contributed by atoms with Gasteiger partial charge in [0.25, 0.3) is 0 Å². The molecule has 2 saturated heterocycles. The van der Waals surface area contributed by atoms with E-state index in [0.29, 0.717) is 0 Å². The first-order valence-corrected chi connectivity index (χ1v) is 5.28. The highest BCUT2D eigenvalue weighted by atomic mass is 15.2. The topological polar surface area (TPSA) is 15.3 Å². The number of fused-ring (bicyclic) bond motifs is 1. The van der Waals surface area contributed by atoms with Gasteiger partial charge in [-0.05, 0) is 32.4 Å². The molecule has 0 saturated carbocycles. The van der Waals surface area contributed by atoms with Crippen molar-refractivity contribution in [2.45, 2.75) is 32.7 Å². The molecule has 2 fully saturated rings. The fourth-order valence-electron chi connectivity index (χ4n) is 2.26. The quantitative estimate of drug-likeness (QED) is 0.597. The Balaban J connectivity index is 0.000000451. The number of rotatable bonds is 0. The molecule has 2 aliphatic rings. The van der Waals surface area contributed by atoms with Gasteiger partial charge in [0, 0.05) is 20.6 Å². The van der Waals surface area contributed by atoms with Gasteiger partial charge in [0.15, 0.2) is 0 Å². The smallest absolute Gasteiger partial charge is 0.0235 e. The summed E-state index contributed by atoms with van der Waals surface area (Å²) in [5, 5.41) is 3.57. The standard InChI is InChI=1S/C8H16N2.C2H6.H2/c1-10-5-7-3-2-4-9-8(7)6-10;1-2;/h7-9H,2-6H2,1H3;1-2H3;1H. The highest BCUT2D eigenvalue weighted by molar-refractivity contribution is 4.90. The summed E-state index contributed by atoms with van der Waals surface area (Å²) in [5.74, 6) is 0.957. The van der Waals surface area contributed by atoms with Crippen LogP contribution in [-0.4, -0.2) is 37.6 Å². The Morgan fingerprint density at radius 1 is 1.33 bits per heavy atom. The summed E-state index contributed by atoms with van der Waals surface area (Å²) in [7, 11) is 2.22. The van der Waals surface area contributed by atoms with Crippen molar-refractivity contribution in [2.75, 3.05) is 26.7 Å². The van der Waals surface area contributed by atoms with Crippen molar-refractivity contribution in [2.24, 2.45) is 5.92 Å². The summed E-state index contributed by atoms with van der Waals surface area (Å²) in [4.78, 5) is 2.44. The SMILES string of the molecule is CC.CN1CC2CCCNC2C1.[HH]. The molecule has 0 radical (unpaired) electrons. The van der Waals surface area contributed by atoms with E-state index in [0.717, 1.165) is 12.0 Å². The second-order valence-electron chi connectivity index (χ2n) is 3.68. The van der Waals surface area contributed by atoms with E-state index >= 15 is 0 Å². The van der Waals surface area contributed by atoms with Crippen LogP contribution in [0.2, 0.25) is 0 Å². The van der Waals surface area contributed by atoms with E-state index in [-0.39, 0.29) is 1.43 Å². The largest absolute Gasteiger partial charge is 0.312 e. The average molecular weight is 172 g/mol. The van der Waals surface area contributed by atoms with Crippen LogP contribution in [0.1, 0.15) is 28.1 Å². The molecule has 2 rings (SSSR count). The highest BCUT2D eigenvalue weighted by Gasteiger charge is 2.31. The third-order valence-electron chi connectivity index (χ3n) is 2.78. The van der Waals surface area contributed by atoms with Gasteiger partial charge in [-0.25, -0.2) is 0 Å². The summed E-state index contributed by atoms with van der Waals surface area (Å²) in [5.41, 5.74) is 0. The molecule has 0 aromatic rings. The molecule has 2 heteroatoms. The Bertz CT molecular complexity index is 116. The maximum atomic E-state index is 3.57. The van der Waals surface area contributed by atoms with E-state index in [1.807, 2.05) is 13.8 Å². The lowest BCUT2D eigenvalue weighted by molar-refractivity contribution is 0.338. The van der Waals surface area contributed by atoms with Crippen LogP contribution in [0.5, 0.6) is 0 Å². The molecule has 0 spiro atoms. The van der Waals surface area contributed by atoms with E-state index in [1.165, 1.54) is 32.5 Å². The maximum absolute atomic E-state index is 3.57. The predicted molar refractivity (Wildman–Crippen MR) is 55.5 cm³/mol. The number of nitrogens with zero attached hydrogens (tertiary/aromatic N) is 1. The minimum absolute atomic E-state index is 0. The predicted octanol–water partition coefficient (Wildman–Crippen LogP) is 1.57. The molecule has 2 unspecified atom stereocenters. The molecule has 12 heavy (non-hydrogen) atoms. The first-order valence-electron chi connectivity index (χ1n) is 5.28. The van der Waals surface area contributed by atoms with Crippen molar-refractivity contribution in [3.05, 3.63) is 0 Å². The zero-order chi connectivity index (χ0) is 8.97. The minimum atomic E-state index is 0. The third-order valence-corrected chi connectivity index (χ3v) is 2.78. The molecule has 1 N–H and O–H groups in total. The molecule has 74 valence electrons. The van der Waals surface area contributed by atoms with E-state index in [9.17, 15) is 0 Å². The molecule has 0 bridgehead atoms. The Labute approximate surface area is 77.8 Å². The molecule has 0 amide bonds. The number of likely N-dealkylation sites (tertiary alicyclic amines) is 1. The van der Waals surface area contributed by atoms with E-state index in [4.69, 9.17) is 0 Å². The van der Waals surface area contributed by atoms with Gasteiger partial charge < -0.3 is 10.2 Å². The number of likely N-dealkylation sites (N-methyl/N-ethyl adjacent to an activating group) is 1. The number of hydrogen-bond donors (Lipinski definition) is 1. The first kappa shape index (κ1) is 10.0. The van der Waals surface area contributed by atoms with Crippen LogP contribution in [0.25, 0.3) is 0 Å². The number of nitrogens with one attached hydrogen (secondary N) is 1. The van der Waals surface area contributed by atoms with Crippen molar-refractivity contribution in [3.63, 3.8) is 0 Å². The van der Waals surface area contributed by atoms with E-state index in [2.05, 4.69) is 17.3 Å². The molecule has 0 aliphatic carbocycles. The van der Waals surface area contributed by atoms with Crippen LogP contribution in [0.4, 0.5) is 0 Å². The van der Waals surface area contributed by atoms with Crippen LogP contribution in [0.15, 0.2) is 0 Å². The van der Waals surface area contributed by atoms with Gasteiger partial charge in [0.1, 0.15) is 0 Å². The number of piperidine rings is 1. The Morgan fingerprint density at radius 2 is 2.08 bits per heavy atom. The molecule has 2 nitrogen and oxygen atoms in total. The fourth-order valence-corrected chi connectivity index (χ4v) is 2.26. The second-order valence-corrected chi connectivity index (χ2v) is 3.68. The van der Waals surface area contributed by atoms with Crippen LogP contribution in [-0.2, 0) is 0 Å². The van der Waals surface area contributed by atoms with Crippen LogP contribution >= 0.6 is 0 Å². The molecule has 2 heterocycles. The summed E-state index contributed by atoms with van der Waals surface area (Å²) in [6.07, 6.45) is 2.83. The van der Waals surface area contributed by atoms with Crippen molar-refractivity contribution in [1.82, 2.24) is 10.2 Å². The Morgan fingerprint density at radius 3 is 2.75 bits per heavy atom. The van der Waals surface area contributed by atoms with Crippen molar-refractivity contribution in [1.29, 1.82) is 0 Å². The molecule has 2 aliphatic heterocycles. The van der Waals surface area contributed by atoms with Gasteiger partial charge in [0.2, 0.25) is 0 Å². The lowest BCUT2D eigenvalue weighted by Crippen LogP contribution is -2.40. The maximum Gasteiger partial charge on any atom is 0.0235 e. The zero-order valence-electron chi connectivity index (χ0n) is 8.64. The minimum Gasteiger partial charge on any atom is -0.312 e. The average Bonchev–Trinajstić information content (AvgIpc) is 2.48. The third kappa shape index (κ3) is 2.20. The normalized spacial score (nSPS) is 35.2. The van der Waals surface area contributed by atoms with Gasteiger partial charge in [0.05, 0.1) is 0 Å². The van der Waals surface area contributed by atoms with Gasteiger partial charge >= 0.3 is 0 Å². The van der Waals surface area contributed by atoms with Gasteiger partial charge in [-0.1, -0.05) is 13.8 Å². The van der Waals surface area contributed by atoms with E-state index in [1.54, 1.807) is 0 Å². The molecule has 0 aromatic carbocycles. The number of hydrogen-bond acceptors (Lipinski definition) is 2. The van der Waals surface area contributed by atoms with Crippen LogP contribution < -0.4 is 5.32 Å². The molecule has 2 atom stereocenters. The Hall–Kier alpha value is -0.0800. The van der Waals surface area contributed by atoms with Gasteiger partial charge in [-0.2, -0.15) is 0 Å². The molecule has 0 aromatic heterocycles. The summed E-state index contributed by atoms with van der Waals surface area (Å²) in [6.45, 7) is 7.83. The van der Waals surface area contributed by atoms with Crippen molar-refractivity contribution >= 4 is 0 Å². The lowest BCUT2D eigenvalue weighted by atomic mass is 9.94.